The van der Waals surface area contributed by atoms with E-state index in [1.54, 1.807) is 27.7 Å². The van der Waals surface area contributed by atoms with Gasteiger partial charge in [-0.3, -0.25) is 5.32 Å². The van der Waals surface area contributed by atoms with Gasteiger partial charge < -0.3 is 9.47 Å². The van der Waals surface area contributed by atoms with E-state index in [4.69, 9.17) is 9.47 Å². The Labute approximate surface area is 120 Å². The molecular formula is C13H17F3N2O3. The Hall–Kier alpha value is -1.99. The fourth-order valence-electron chi connectivity index (χ4n) is 1.37. The van der Waals surface area contributed by atoms with E-state index in [0.717, 1.165) is 0 Å². The molecule has 21 heavy (non-hydrogen) atoms. The number of halogens is 3. The summed E-state index contributed by atoms with van der Waals surface area (Å²) in [6, 6.07) is 1.91. The second kappa shape index (κ2) is 6.19. The van der Waals surface area contributed by atoms with Crippen molar-refractivity contribution in [3.05, 3.63) is 17.8 Å². The molecule has 1 aromatic rings. The molecule has 5 nitrogen and oxygen atoms in total. The van der Waals surface area contributed by atoms with Gasteiger partial charge in [-0.15, -0.1) is 0 Å². The second-order valence-corrected chi connectivity index (χ2v) is 5.14. The van der Waals surface area contributed by atoms with Gasteiger partial charge in [0.05, 0.1) is 12.3 Å². The summed E-state index contributed by atoms with van der Waals surface area (Å²) in [6.07, 6.45) is -5.50. The number of carbonyl (C=O) groups is 1. The van der Waals surface area contributed by atoms with Crippen molar-refractivity contribution >= 4 is 11.8 Å². The standard InChI is InChI=1S/C13H17F3N2O3/c1-5-20-10-7-8(6-9(18-10)13(14,15)16)17-11(19)21-12(2,3)4/h6-7H,5H2,1-4H3,(H,17,18,19). The van der Waals surface area contributed by atoms with E-state index >= 15 is 0 Å². The van der Waals surface area contributed by atoms with Crippen LogP contribution in [0.1, 0.15) is 33.4 Å². The monoisotopic (exact) mass is 306 g/mol. The molecule has 1 aromatic heterocycles. The third-order valence-electron chi connectivity index (χ3n) is 2.03. The Bertz CT molecular complexity index is 510. The summed E-state index contributed by atoms with van der Waals surface area (Å²) in [7, 11) is 0. The molecule has 0 saturated carbocycles. The molecule has 0 fully saturated rings. The molecule has 0 aromatic carbocycles. The van der Waals surface area contributed by atoms with Gasteiger partial charge in [0.1, 0.15) is 5.60 Å². The lowest BCUT2D eigenvalue weighted by Crippen LogP contribution is -2.27. The maximum Gasteiger partial charge on any atom is 0.433 e. The Morgan fingerprint density at radius 1 is 1.29 bits per heavy atom. The SMILES string of the molecule is CCOc1cc(NC(=O)OC(C)(C)C)cc(C(F)(F)F)n1. The predicted octanol–water partition coefficient (Wildman–Crippen LogP) is 3.85. The van der Waals surface area contributed by atoms with Gasteiger partial charge in [-0.05, 0) is 33.8 Å². The van der Waals surface area contributed by atoms with Gasteiger partial charge in [-0.25, -0.2) is 9.78 Å². The molecule has 1 N–H and O–H groups in total. The van der Waals surface area contributed by atoms with E-state index < -0.39 is 23.6 Å². The Morgan fingerprint density at radius 2 is 1.90 bits per heavy atom. The predicted molar refractivity (Wildman–Crippen MR) is 70.3 cm³/mol. The van der Waals surface area contributed by atoms with Crippen LogP contribution in [0, 0.1) is 0 Å². The van der Waals surface area contributed by atoms with E-state index in [1.807, 2.05) is 0 Å². The molecule has 0 aliphatic heterocycles. The zero-order valence-electron chi connectivity index (χ0n) is 12.2. The van der Waals surface area contributed by atoms with Crippen molar-refractivity contribution < 1.29 is 27.4 Å². The minimum absolute atomic E-state index is 0.102. The van der Waals surface area contributed by atoms with Crippen LogP contribution in [0.2, 0.25) is 0 Å². The average molecular weight is 306 g/mol. The van der Waals surface area contributed by atoms with Crippen LogP contribution >= 0.6 is 0 Å². The number of anilines is 1. The number of carbonyl (C=O) groups excluding carboxylic acids is 1. The molecule has 1 amide bonds. The minimum Gasteiger partial charge on any atom is -0.478 e. The van der Waals surface area contributed by atoms with Crippen LogP contribution < -0.4 is 10.1 Å². The molecule has 1 heterocycles. The van der Waals surface area contributed by atoms with Crippen molar-refractivity contribution in [3.8, 4) is 5.88 Å². The molecule has 0 aliphatic rings. The molecule has 0 unspecified atom stereocenters. The summed E-state index contributed by atoms with van der Waals surface area (Å²) >= 11 is 0. The lowest BCUT2D eigenvalue weighted by atomic mass is 10.2. The highest BCUT2D eigenvalue weighted by Crippen LogP contribution is 2.31. The molecule has 0 spiro atoms. The first-order valence-corrected chi connectivity index (χ1v) is 6.23. The largest absolute Gasteiger partial charge is 0.478 e. The fraction of sp³-hybridized carbons (Fsp3) is 0.538. The molecule has 0 aliphatic carbocycles. The van der Waals surface area contributed by atoms with Crippen molar-refractivity contribution in [2.24, 2.45) is 0 Å². The van der Waals surface area contributed by atoms with Crippen LogP contribution in [0.5, 0.6) is 5.88 Å². The number of rotatable bonds is 3. The molecule has 1 rings (SSSR count). The number of pyridine rings is 1. The van der Waals surface area contributed by atoms with Gasteiger partial charge >= 0.3 is 12.3 Å². The van der Waals surface area contributed by atoms with Gasteiger partial charge in [-0.1, -0.05) is 0 Å². The van der Waals surface area contributed by atoms with Crippen molar-refractivity contribution in [1.82, 2.24) is 4.98 Å². The van der Waals surface area contributed by atoms with Crippen molar-refractivity contribution in [2.45, 2.75) is 39.5 Å². The van der Waals surface area contributed by atoms with Crippen molar-refractivity contribution in [2.75, 3.05) is 11.9 Å². The number of alkyl halides is 3. The van der Waals surface area contributed by atoms with E-state index in [2.05, 4.69) is 10.3 Å². The molecule has 0 bridgehead atoms. The first-order chi connectivity index (χ1) is 9.51. The maximum atomic E-state index is 12.7. The highest BCUT2D eigenvalue weighted by Gasteiger charge is 2.33. The number of aromatic nitrogens is 1. The zero-order chi connectivity index (χ0) is 16.3. The number of hydrogen-bond acceptors (Lipinski definition) is 4. The van der Waals surface area contributed by atoms with E-state index in [-0.39, 0.29) is 18.2 Å². The fourth-order valence-corrected chi connectivity index (χ4v) is 1.37. The number of hydrogen-bond donors (Lipinski definition) is 1. The summed E-state index contributed by atoms with van der Waals surface area (Å²) < 4.78 is 48.1. The van der Waals surface area contributed by atoms with Crippen molar-refractivity contribution in [3.63, 3.8) is 0 Å². The van der Waals surface area contributed by atoms with E-state index in [1.165, 1.54) is 6.07 Å². The molecule has 0 atom stereocenters. The third kappa shape index (κ3) is 5.88. The highest BCUT2D eigenvalue weighted by molar-refractivity contribution is 5.85. The second-order valence-electron chi connectivity index (χ2n) is 5.14. The summed E-state index contributed by atoms with van der Waals surface area (Å²) in [5, 5.41) is 2.23. The van der Waals surface area contributed by atoms with Gasteiger partial charge in [0, 0.05) is 6.07 Å². The number of ether oxygens (including phenoxy) is 2. The first kappa shape index (κ1) is 17.1. The maximum absolute atomic E-state index is 12.7. The molecule has 8 heteroatoms. The van der Waals surface area contributed by atoms with Crippen LogP contribution in [-0.4, -0.2) is 23.3 Å². The number of nitrogens with one attached hydrogen (secondary N) is 1. The molecule has 0 radical (unpaired) electrons. The Kier molecular flexibility index (Phi) is 5.03. The van der Waals surface area contributed by atoms with Crippen LogP contribution in [0.25, 0.3) is 0 Å². The summed E-state index contributed by atoms with van der Waals surface area (Å²) in [6.45, 7) is 6.70. The average Bonchev–Trinajstić information content (AvgIpc) is 2.24. The van der Waals surface area contributed by atoms with Gasteiger partial charge in [0.25, 0.3) is 0 Å². The van der Waals surface area contributed by atoms with Crippen LogP contribution in [0.4, 0.5) is 23.7 Å². The quantitative estimate of drug-likeness (QED) is 0.921. The van der Waals surface area contributed by atoms with Gasteiger partial charge in [0.2, 0.25) is 5.88 Å². The third-order valence-corrected chi connectivity index (χ3v) is 2.03. The Morgan fingerprint density at radius 3 is 2.38 bits per heavy atom. The van der Waals surface area contributed by atoms with Crippen LogP contribution in [0.15, 0.2) is 12.1 Å². The highest BCUT2D eigenvalue weighted by atomic mass is 19.4. The summed E-state index contributed by atoms with van der Waals surface area (Å²) in [5.74, 6) is -0.224. The smallest absolute Gasteiger partial charge is 0.433 e. The molecule has 0 saturated heterocycles. The minimum atomic E-state index is -4.64. The van der Waals surface area contributed by atoms with Crippen LogP contribution in [0.3, 0.4) is 0 Å². The van der Waals surface area contributed by atoms with Crippen LogP contribution in [-0.2, 0) is 10.9 Å². The van der Waals surface area contributed by atoms with E-state index in [9.17, 15) is 18.0 Å². The van der Waals surface area contributed by atoms with Gasteiger partial charge in [-0.2, -0.15) is 13.2 Å². The van der Waals surface area contributed by atoms with E-state index in [0.29, 0.717) is 6.07 Å². The van der Waals surface area contributed by atoms with Gasteiger partial charge in [0.15, 0.2) is 5.69 Å². The summed E-state index contributed by atoms with van der Waals surface area (Å²) in [4.78, 5) is 14.9. The summed E-state index contributed by atoms with van der Waals surface area (Å²) in [5.41, 5.74) is -2.01. The van der Waals surface area contributed by atoms with Crippen molar-refractivity contribution in [1.29, 1.82) is 0 Å². The molecule has 118 valence electrons. The normalized spacial score (nSPS) is 12.0. The molecular weight excluding hydrogens is 289 g/mol. The number of nitrogens with zero attached hydrogens (tertiary/aromatic N) is 1. The Balaban J connectivity index is 3.00. The topological polar surface area (TPSA) is 60.5 Å². The lowest BCUT2D eigenvalue weighted by Gasteiger charge is -2.20. The lowest BCUT2D eigenvalue weighted by molar-refractivity contribution is -0.141. The number of amides is 1. The first-order valence-electron chi connectivity index (χ1n) is 6.23. The zero-order valence-corrected chi connectivity index (χ0v) is 12.2.